The van der Waals surface area contributed by atoms with Gasteiger partial charge in [-0.1, -0.05) is 67.9 Å². The van der Waals surface area contributed by atoms with Gasteiger partial charge in [-0.15, -0.1) is 0 Å². The van der Waals surface area contributed by atoms with Gasteiger partial charge in [-0.05, 0) is 48.6 Å². The van der Waals surface area contributed by atoms with Crippen molar-refractivity contribution in [2.75, 3.05) is 5.32 Å². The molecule has 2 aromatic carbocycles. The van der Waals surface area contributed by atoms with Crippen molar-refractivity contribution in [2.24, 2.45) is 0 Å². The molecule has 0 spiro atoms. The summed E-state index contributed by atoms with van der Waals surface area (Å²) < 4.78 is 0. The lowest BCUT2D eigenvalue weighted by Gasteiger charge is -2.20. The number of urea groups is 1. The van der Waals surface area contributed by atoms with E-state index in [9.17, 15) is 4.79 Å². The molecule has 28 heavy (non-hydrogen) atoms. The highest BCUT2D eigenvalue weighted by Gasteiger charge is 2.17. The fraction of sp³-hybridized carbons (Fsp3) is 0.250. The van der Waals surface area contributed by atoms with Crippen LogP contribution in [0.5, 0.6) is 0 Å². The van der Waals surface area contributed by atoms with Gasteiger partial charge < -0.3 is 10.6 Å². The Labute approximate surface area is 167 Å². The lowest BCUT2D eigenvalue weighted by molar-refractivity contribution is 0.248. The van der Waals surface area contributed by atoms with Crippen molar-refractivity contribution in [3.8, 4) is 0 Å². The van der Waals surface area contributed by atoms with Gasteiger partial charge in [0.15, 0.2) is 0 Å². The molecule has 0 saturated heterocycles. The molecule has 144 valence electrons. The smallest absolute Gasteiger partial charge is 0.319 e. The number of carbonyl (C=O) groups is 1. The molecule has 0 fully saturated rings. The van der Waals surface area contributed by atoms with Crippen LogP contribution in [-0.2, 0) is 6.42 Å². The highest BCUT2D eigenvalue weighted by atomic mass is 16.2. The number of anilines is 1. The number of carbonyl (C=O) groups excluding carboxylic acids is 1. The number of amides is 2. The number of hydrogen-bond donors (Lipinski definition) is 2. The summed E-state index contributed by atoms with van der Waals surface area (Å²) >= 11 is 0. The molecule has 1 unspecified atom stereocenters. The Bertz CT molecular complexity index is 905. The molecule has 1 heterocycles. The van der Waals surface area contributed by atoms with E-state index in [-0.39, 0.29) is 12.1 Å². The molecule has 3 aromatic rings. The Balaban J connectivity index is 1.77. The van der Waals surface area contributed by atoms with E-state index >= 15 is 0 Å². The third-order valence-electron chi connectivity index (χ3n) is 4.74. The van der Waals surface area contributed by atoms with Gasteiger partial charge in [0, 0.05) is 11.9 Å². The molecular weight excluding hydrogens is 346 g/mol. The average molecular weight is 374 g/mol. The van der Waals surface area contributed by atoms with Crippen LogP contribution in [0.2, 0.25) is 0 Å². The van der Waals surface area contributed by atoms with Gasteiger partial charge in [-0.3, -0.25) is 4.98 Å². The van der Waals surface area contributed by atoms with Gasteiger partial charge in [0.25, 0.3) is 0 Å². The Morgan fingerprint density at radius 1 is 0.964 bits per heavy atom. The Morgan fingerprint density at radius 3 is 2.36 bits per heavy atom. The van der Waals surface area contributed by atoms with Crippen molar-refractivity contribution in [1.82, 2.24) is 10.3 Å². The zero-order valence-corrected chi connectivity index (χ0v) is 16.6. The molecule has 0 aliphatic rings. The topological polar surface area (TPSA) is 54.0 Å². The summed E-state index contributed by atoms with van der Waals surface area (Å²) in [6.07, 6.45) is 2.43. The molecule has 1 aromatic heterocycles. The first-order valence-corrected chi connectivity index (χ1v) is 9.66. The van der Waals surface area contributed by atoms with Crippen LogP contribution < -0.4 is 10.6 Å². The second-order valence-corrected chi connectivity index (χ2v) is 7.34. The molecule has 0 radical (unpaired) electrons. The molecule has 0 aliphatic carbocycles. The number of benzene rings is 2. The van der Waals surface area contributed by atoms with E-state index in [0.29, 0.717) is 12.3 Å². The van der Waals surface area contributed by atoms with E-state index in [0.717, 1.165) is 22.5 Å². The summed E-state index contributed by atoms with van der Waals surface area (Å²) in [6.45, 7) is 6.30. The minimum atomic E-state index is -0.226. The molecule has 1 atom stereocenters. The van der Waals surface area contributed by atoms with Gasteiger partial charge in [0.2, 0.25) is 0 Å². The summed E-state index contributed by atoms with van der Waals surface area (Å²) in [5, 5.41) is 6.11. The van der Waals surface area contributed by atoms with Crippen molar-refractivity contribution < 1.29 is 4.79 Å². The van der Waals surface area contributed by atoms with Gasteiger partial charge in [0.05, 0.1) is 11.7 Å². The van der Waals surface area contributed by atoms with E-state index in [1.807, 2.05) is 42.5 Å². The maximum atomic E-state index is 12.8. The van der Waals surface area contributed by atoms with Crippen molar-refractivity contribution in [1.29, 1.82) is 0 Å². The van der Waals surface area contributed by atoms with Gasteiger partial charge >= 0.3 is 6.03 Å². The fourth-order valence-electron chi connectivity index (χ4n) is 3.20. The predicted octanol–water partition coefficient (Wildman–Crippen LogP) is 5.62. The minimum Gasteiger partial charge on any atom is -0.329 e. The van der Waals surface area contributed by atoms with E-state index < -0.39 is 0 Å². The first-order chi connectivity index (χ1) is 13.5. The first kappa shape index (κ1) is 19.6. The number of rotatable bonds is 6. The highest BCUT2D eigenvalue weighted by Crippen LogP contribution is 2.24. The van der Waals surface area contributed by atoms with Gasteiger partial charge in [-0.2, -0.15) is 0 Å². The third-order valence-corrected chi connectivity index (χ3v) is 4.74. The van der Waals surface area contributed by atoms with Crippen molar-refractivity contribution in [3.63, 3.8) is 0 Å². The van der Waals surface area contributed by atoms with Crippen LogP contribution in [0.25, 0.3) is 0 Å². The van der Waals surface area contributed by atoms with Crippen LogP contribution in [0.3, 0.4) is 0 Å². The lowest BCUT2D eigenvalue weighted by Crippen LogP contribution is -2.34. The largest absolute Gasteiger partial charge is 0.329 e. The maximum Gasteiger partial charge on any atom is 0.319 e. The Kier molecular flexibility index (Phi) is 6.43. The standard InChI is InChI=1S/C24H27N3O/c1-17(2)20-8-4-5-9-21(20)26-24(28)27-23(22-10-6-7-15-25-22)16-19-13-11-18(3)12-14-19/h4-15,17,23H,16H2,1-3H3,(H2,26,27,28). The van der Waals surface area contributed by atoms with E-state index in [2.05, 4.69) is 60.7 Å². The van der Waals surface area contributed by atoms with E-state index in [4.69, 9.17) is 0 Å². The Morgan fingerprint density at radius 2 is 1.68 bits per heavy atom. The summed E-state index contributed by atoms with van der Waals surface area (Å²) in [6, 6.07) is 21.6. The monoisotopic (exact) mass is 373 g/mol. The SMILES string of the molecule is Cc1ccc(CC(NC(=O)Nc2ccccc2C(C)C)c2ccccn2)cc1. The van der Waals surface area contributed by atoms with Crippen LogP contribution in [0.1, 0.15) is 48.2 Å². The van der Waals surface area contributed by atoms with Gasteiger partial charge in [0.1, 0.15) is 0 Å². The molecule has 0 bridgehead atoms. The van der Waals surface area contributed by atoms with Crippen LogP contribution >= 0.6 is 0 Å². The number of nitrogens with zero attached hydrogens (tertiary/aromatic N) is 1. The molecule has 0 saturated carbocycles. The molecule has 2 N–H and O–H groups in total. The fourth-order valence-corrected chi connectivity index (χ4v) is 3.20. The first-order valence-electron chi connectivity index (χ1n) is 9.66. The van der Waals surface area contributed by atoms with Crippen molar-refractivity contribution >= 4 is 11.7 Å². The van der Waals surface area contributed by atoms with Crippen LogP contribution in [0.4, 0.5) is 10.5 Å². The van der Waals surface area contributed by atoms with E-state index in [1.165, 1.54) is 5.56 Å². The second-order valence-electron chi connectivity index (χ2n) is 7.34. The Hall–Kier alpha value is -3.14. The number of pyridine rings is 1. The zero-order chi connectivity index (χ0) is 19.9. The van der Waals surface area contributed by atoms with Crippen LogP contribution in [0, 0.1) is 6.92 Å². The van der Waals surface area contributed by atoms with E-state index in [1.54, 1.807) is 6.20 Å². The molecular formula is C24H27N3O. The number of nitrogens with one attached hydrogen (secondary N) is 2. The molecule has 2 amide bonds. The number of para-hydroxylation sites is 1. The lowest BCUT2D eigenvalue weighted by atomic mass is 10.0. The molecule has 3 rings (SSSR count). The van der Waals surface area contributed by atoms with Crippen molar-refractivity contribution in [3.05, 3.63) is 95.3 Å². The normalized spacial score (nSPS) is 11.9. The second kappa shape index (κ2) is 9.18. The highest BCUT2D eigenvalue weighted by molar-refractivity contribution is 5.90. The summed E-state index contributed by atoms with van der Waals surface area (Å²) in [4.78, 5) is 17.2. The molecule has 0 aliphatic heterocycles. The summed E-state index contributed by atoms with van der Waals surface area (Å²) in [5.74, 6) is 0.329. The molecule has 4 heteroatoms. The van der Waals surface area contributed by atoms with Crippen LogP contribution in [-0.4, -0.2) is 11.0 Å². The number of aromatic nitrogens is 1. The minimum absolute atomic E-state index is 0.213. The number of aryl methyl sites for hydroxylation is 1. The summed E-state index contributed by atoms with van der Waals surface area (Å²) in [7, 11) is 0. The third kappa shape index (κ3) is 5.19. The summed E-state index contributed by atoms with van der Waals surface area (Å²) in [5.41, 5.74) is 5.17. The quantitative estimate of drug-likeness (QED) is 0.589. The van der Waals surface area contributed by atoms with Crippen molar-refractivity contribution in [2.45, 2.75) is 39.2 Å². The number of hydrogen-bond acceptors (Lipinski definition) is 2. The average Bonchev–Trinajstić information content (AvgIpc) is 2.70. The van der Waals surface area contributed by atoms with Gasteiger partial charge in [-0.25, -0.2) is 4.79 Å². The molecule has 4 nitrogen and oxygen atoms in total. The maximum absolute atomic E-state index is 12.8. The predicted molar refractivity (Wildman–Crippen MR) is 115 cm³/mol. The van der Waals surface area contributed by atoms with Crippen LogP contribution in [0.15, 0.2) is 72.9 Å². The zero-order valence-electron chi connectivity index (χ0n) is 16.6.